The van der Waals surface area contributed by atoms with Gasteiger partial charge in [-0.05, 0) is 13.8 Å². The second kappa shape index (κ2) is 5.27. The highest BCUT2D eigenvalue weighted by molar-refractivity contribution is 5.81. The molecule has 1 saturated heterocycles. The van der Waals surface area contributed by atoms with Gasteiger partial charge in [0.15, 0.2) is 11.5 Å². The summed E-state index contributed by atoms with van der Waals surface area (Å²) >= 11 is 0. The molecule has 0 bridgehead atoms. The molecule has 0 spiro atoms. The zero-order chi connectivity index (χ0) is 16.0. The lowest BCUT2D eigenvalue weighted by Crippen LogP contribution is -2.30. The average molecular weight is 307 g/mol. The van der Waals surface area contributed by atoms with Gasteiger partial charge in [-0.25, -0.2) is 15.0 Å². The molecule has 4 N–H and O–H groups in total. The van der Waals surface area contributed by atoms with E-state index in [-0.39, 0.29) is 35.7 Å². The predicted octanol–water partition coefficient (Wildman–Crippen LogP) is -0.974. The van der Waals surface area contributed by atoms with Crippen molar-refractivity contribution in [3.05, 3.63) is 21.9 Å². The van der Waals surface area contributed by atoms with Gasteiger partial charge in [-0.2, -0.15) is 0 Å². The van der Waals surface area contributed by atoms with Crippen LogP contribution in [0.4, 0.5) is 5.82 Å². The van der Waals surface area contributed by atoms with Crippen LogP contribution in [-0.4, -0.2) is 48.5 Å². The Balaban J connectivity index is 2.24. The van der Waals surface area contributed by atoms with Crippen molar-refractivity contribution in [1.82, 2.24) is 19.5 Å². The lowest BCUT2D eigenvalue weighted by atomic mass is 10.2. The number of hydrogen-bond donors (Lipinski definition) is 3. The first-order chi connectivity index (χ1) is 10.4. The largest absolute Gasteiger partial charge is 0.394 e. The smallest absolute Gasteiger partial charge is 0.275 e. The molecular weight excluding hydrogens is 290 g/mol. The van der Waals surface area contributed by atoms with Crippen LogP contribution in [0.15, 0.2) is 4.79 Å². The van der Waals surface area contributed by atoms with Crippen LogP contribution in [0.1, 0.15) is 24.2 Å². The van der Waals surface area contributed by atoms with Crippen LogP contribution in [-0.2, 0) is 4.74 Å². The highest BCUT2D eigenvalue weighted by atomic mass is 16.5. The van der Waals surface area contributed by atoms with Gasteiger partial charge in [0.25, 0.3) is 5.56 Å². The van der Waals surface area contributed by atoms with Crippen molar-refractivity contribution in [2.45, 2.75) is 38.7 Å². The lowest BCUT2D eigenvalue weighted by Gasteiger charge is -2.17. The van der Waals surface area contributed by atoms with Crippen LogP contribution in [0.2, 0.25) is 0 Å². The molecule has 9 heteroatoms. The summed E-state index contributed by atoms with van der Waals surface area (Å²) in [4.78, 5) is 24.9. The fraction of sp³-hybridized carbons (Fsp3) is 0.538. The fourth-order valence-corrected chi connectivity index (χ4v) is 2.64. The van der Waals surface area contributed by atoms with Gasteiger partial charge < -0.3 is 20.7 Å². The van der Waals surface area contributed by atoms with Crippen molar-refractivity contribution in [2.24, 2.45) is 0 Å². The molecule has 3 rings (SSSR count). The zero-order valence-corrected chi connectivity index (χ0v) is 12.2. The summed E-state index contributed by atoms with van der Waals surface area (Å²) in [5, 5.41) is 19.1. The number of aliphatic hydroxyl groups excluding tert-OH is 2. The van der Waals surface area contributed by atoms with Crippen molar-refractivity contribution in [1.29, 1.82) is 0 Å². The van der Waals surface area contributed by atoms with Crippen LogP contribution in [0, 0.1) is 13.8 Å². The van der Waals surface area contributed by atoms with Crippen LogP contribution < -0.4 is 11.3 Å². The van der Waals surface area contributed by atoms with Gasteiger partial charge in [0.2, 0.25) is 0 Å². The number of aromatic nitrogens is 4. The number of fused-ring (bicyclic) bond motifs is 1. The number of rotatable bonds is 2. The molecule has 0 radical (unpaired) electrons. The van der Waals surface area contributed by atoms with Gasteiger partial charge in [0, 0.05) is 6.42 Å². The van der Waals surface area contributed by atoms with E-state index in [1.54, 1.807) is 13.8 Å². The van der Waals surface area contributed by atoms with Gasteiger partial charge >= 0.3 is 0 Å². The van der Waals surface area contributed by atoms with Gasteiger partial charge in [0.05, 0.1) is 12.7 Å². The highest BCUT2D eigenvalue weighted by Gasteiger charge is 2.36. The first kappa shape index (κ1) is 14.8. The Hall–Kier alpha value is -2.10. The van der Waals surface area contributed by atoms with E-state index < -0.39 is 18.4 Å². The van der Waals surface area contributed by atoms with Crippen molar-refractivity contribution in [2.75, 3.05) is 12.3 Å². The third-order valence-corrected chi connectivity index (χ3v) is 3.71. The summed E-state index contributed by atoms with van der Waals surface area (Å²) in [7, 11) is 0. The average Bonchev–Trinajstić information content (AvgIpc) is 2.82. The predicted molar refractivity (Wildman–Crippen MR) is 77.1 cm³/mol. The highest BCUT2D eigenvalue weighted by Crippen LogP contribution is 2.29. The summed E-state index contributed by atoms with van der Waals surface area (Å²) in [5.74, 6) is 0.581. The Bertz CT molecular complexity index is 790. The van der Waals surface area contributed by atoms with E-state index in [0.29, 0.717) is 11.3 Å². The van der Waals surface area contributed by atoms with Crippen molar-refractivity contribution in [3.8, 4) is 0 Å². The minimum absolute atomic E-state index is 0.173. The van der Waals surface area contributed by atoms with Crippen LogP contribution in [0.3, 0.4) is 0 Å². The Kier molecular flexibility index (Phi) is 3.55. The van der Waals surface area contributed by atoms with Crippen LogP contribution in [0.5, 0.6) is 0 Å². The third kappa shape index (κ3) is 2.23. The molecule has 0 aliphatic carbocycles. The standard InChI is InChI=1S/C13H17N5O4/c1-5-13(21)18(9-3-7(20)8(4-19)22-9)12-10(15-5)11(14)16-6(2)17-12/h7-9,19-20H,3-4H2,1-2H3,(H2,14,16,17)/t7-,8+,9+/m0/s1. The van der Waals surface area contributed by atoms with Gasteiger partial charge in [-0.15, -0.1) is 0 Å². The summed E-state index contributed by atoms with van der Waals surface area (Å²) in [6.45, 7) is 2.89. The molecule has 1 aliphatic heterocycles. The molecule has 22 heavy (non-hydrogen) atoms. The van der Waals surface area contributed by atoms with Crippen molar-refractivity contribution in [3.63, 3.8) is 0 Å². The normalized spacial score (nSPS) is 25.0. The quantitative estimate of drug-likeness (QED) is 0.644. The van der Waals surface area contributed by atoms with E-state index in [1.165, 1.54) is 4.57 Å². The Morgan fingerprint density at radius 1 is 1.36 bits per heavy atom. The minimum Gasteiger partial charge on any atom is -0.394 e. The van der Waals surface area contributed by atoms with Gasteiger partial charge in [0.1, 0.15) is 29.4 Å². The first-order valence-corrected chi connectivity index (χ1v) is 6.89. The molecule has 0 amide bonds. The van der Waals surface area contributed by atoms with Gasteiger partial charge in [-0.3, -0.25) is 9.36 Å². The van der Waals surface area contributed by atoms with E-state index >= 15 is 0 Å². The molecular formula is C13H17N5O4. The van der Waals surface area contributed by atoms with Crippen molar-refractivity contribution < 1.29 is 14.9 Å². The van der Waals surface area contributed by atoms with E-state index in [4.69, 9.17) is 10.5 Å². The van der Waals surface area contributed by atoms with E-state index in [2.05, 4.69) is 15.0 Å². The molecule has 3 heterocycles. The van der Waals surface area contributed by atoms with Crippen LogP contribution in [0.25, 0.3) is 11.2 Å². The maximum Gasteiger partial charge on any atom is 0.275 e. The maximum atomic E-state index is 12.5. The fourth-order valence-electron chi connectivity index (χ4n) is 2.64. The number of aliphatic hydroxyl groups is 2. The number of nitrogen functional groups attached to an aromatic ring is 1. The molecule has 0 aromatic carbocycles. The molecule has 3 atom stereocenters. The molecule has 2 aromatic heterocycles. The summed E-state index contributed by atoms with van der Waals surface area (Å²) in [6.07, 6.45) is -2.16. The zero-order valence-electron chi connectivity index (χ0n) is 12.2. The number of nitrogens with two attached hydrogens (primary N) is 1. The molecule has 2 aromatic rings. The second-order valence-corrected chi connectivity index (χ2v) is 5.32. The SMILES string of the molecule is Cc1nc(N)c2nc(C)c(=O)n([C@H]3C[C@H](O)[C@@H](CO)O3)c2n1. The second-order valence-electron chi connectivity index (χ2n) is 5.32. The Morgan fingerprint density at radius 3 is 2.73 bits per heavy atom. The topological polar surface area (TPSA) is 136 Å². The third-order valence-electron chi connectivity index (χ3n) is 3.71. The molecule has 1 fully saturated rings. The summed E-state index contributed by atoms with van der Waals surface area (Å²) < 4.78 is 6.89. The number of anilines is 1. The van der Waals surface area contributed by atoms with Crippen molar-refractivity contribution >= 4 is 17.0 Å². The number of ether oxygens (including phenoxy) is 1. The molecule has 1 aliphatic rings. The Labute approximate surface area is 125 Å². The minimum atomic E-state index is -0.856. The van der Waals surface area contributed by atoms with E-state index in [0.717, 1.165) is 0 Å². The number of aryl methyl sites for hydroxylation is 2. The lowest BCUT2D eigenvalue weighted by molar-refractivity contribution is -0.0442. The number of hydrogen-bond acceptors (Lipinski definition) is 8. The Morgan fingerprint density at radius 2 is 2.09 bits per heavy atom. The van der Waals surface area contributed by atoms with E-state index in [1.807, 2.05) is 0 Å². The number of nitrogens with zero attached hydrogens (tertiary/aromatic N) is 4. The summed E-state index contributed by atoms with van der Waals surface area (Å²) in [6, 6.07) is 0. The summed E-state index contributed by atoms with van der Waals surface area (Å²) in [5.41, 5.74) is 6.30. The molecule has 9 nitrogen and oxygen atoms in total. The van der Waals surface area contributed by atoms with E-state index in [9.17, 15) is 15.0 Å². The first-order valence-electron chi connectivity index (χ1n) is 6.89. The maximum absolute atomic E-state index is 12.5. The van der Waals surface area contributed by atoms with Crippen LogP contribution >= 0.6 is 0 Å². The molecule has 0 saturated carbocycles. The molecule has 0 unspecified atom stereocenters. The molecule has 118 valence electrons. The monoisotopic (exact) mass is 307 g/mol. The van der Waals surface area contributed by atoms with Gasteiger partial charge in [-0.1, -0.05) is 0 Å².